The Hall–Kier alpha value is -2.40. The molecule has 0 aromatic heterocycles. The van der Waals surface area contributed by atoms with Gasteiger partial charge in [0.1, 0.15) is 5.69 Å². The lowest BCUT2D eigenvalue weighted by atomic mass is 10.2. The minimum Gasteiger partial charge on any atom is -0.399 e. The lowest BCUT2D eigenvalue weighted by Crippen LogP contribution is -2.06. The Bertz CT molecular complexity index is 653. The van der Waals surface area contributed by atoms with E-state index in [0.29, 0.717) is 27.8 Å². The Balaban J connectivity index is 2.28. The van der Waals surface area contributed by atoms with Crippen LogP contribution in [0.3, 0.4) is 0 Å². The third kappa shape index (κ3) is 3.80. The topological polar surface area (TPSA) is 79.8 Å². The molecule has 6 heteroatoms. The largest absolute Gasteiger partial charge is 0.399 e. The summed E-state index contributed by atoms with van der Waals surface area (Å²) in [6.07, 6.45) is 0. The Morgan fingerprint density at radius 3 is 2.50 bits per heavy atom. The van der Waals surface area contributed by atoms with Crippen LogP contribution < -0.4 is 11.1 Å². The van der Waals surface area contributed by atoms with Crippen molar-refractivity contribution in [1.29, 1.82) is 0 Å². The maximum Gasteiger partial charge on any atom is 0.221 e. The van der Waals surface area contributed by atoms with Crippen molar-refractivity contribution in [2.24, 2.45) is 10.2 Å². The summed E-state index contributed by atoms with van der Waals surface area (Å²) in [6, 6.07) is 12.0. The molecule has 2 rings (SSSR count). The summed E-state index contributed by atoms with van der Waals surface area (Å²) < 4.78 is 0. The second-order valence-electron chi connectivity index (χ2n) is 4.13. The van der Waals surface area contributed by atoms with Gasteiger partial charge in [0.15, 0.2) is 0 Å². The number of carbonyl (C=O) groups is 1. The molecule has 0 bridgehead atoms. The molecule has 0 aliphatic carbocycles. The Kier molecular flexibility index (Phi) is 4.32. The lowest BCUT2D eigenvalue weighted by molar-refractivity contribution is -0.114. The number of benzene rings is 2. The van der Waals surface area contributed by atoms with Gasteiger partial charge in [0.2, 0.25) is 5.91 Å². The molecule has 2 aromatic carbocycles. The van der Waals surface area contributed by atoms with E-state index in [1.807, 2.05) is 0 Å². The van der Waals surface area contributed by atoms with Crippen molar-refractivity contribution in [2.75, 3.05) is 11.1 Å². The Labute approximate surface area is 121 Å². The summed E-state index contributed by atoms with van der Waals surface area (Å²) in [5.41, 5.74) is 7.95. The molecule has 0 aliphatic heterocycles. The second-order valence-corrected chi connectivity index (χ2v) is 4.57. The highest BCUT2D eigenvalue weighted by Crippen LogP contribution is 2.29. The zero-order chi connectivity index (χ0) is 14.5. The highest BCUT2D eigenvalue weighted by atomic mass is 35.5. The monoisotopic (exact) mass is 288 g/mol. The van der Waals surface area contributed by atoms with Crippen LogP contribution in [0.2, 0.25) is 5.02 Å². The van der Waals surface area contributed by atoms with Crippen LogP contribution in [-0.2, 0) is 4.79 Å². The van der Waals surface area contributed by atoms with E-state index in [2.05, 4.69) is 15.5 Å². The van der Waals surface area contributed by atoms with Crippen LogP contribution in [0.5, 0.6) is 0 Å². The fraction of sp³-hybridized carbons (Fsp3) is 0.0714. The van der Waals surface area contributed by atoms with E-state index in [4.69, 9.17) is 17.3 Å². The molecular weight excluding hydrogens is 276 g/mol. The molecule has 3 N–H and O–H groups in total. The molecule has 0 aliphatic rings. The van der Waals surface area contributed by atoms with Gasteiger partial charge in [-0.1, -0.05) is 11.6 Å². The number of rotatable bonds is 3. The van der Waals surface area contributed by atoms with Gasteiger partial charge >= 0.3 is 0 Å². The number of hydrogen-bond acceptors (Lipinski definition) is 4. The minimum atomic E-state index is -0.196. The van der Waals surface area contributed by atoms with Gasteiger partial charge in [-0.25, -0.2) is 0 Å². The van der Waals surface area contributed by atoms with Gasteiger partial charge in [-0.2, -0.15) is 5.11 Å². The molecule has 1 amide bonds. The van der Waals surface area contributed by atoms with Crippen molar-refractivity contribution in [3.8, 4) is 0 Å². The molecular formula is C14H13ClN4O. The van der Waals surface area contributed by atoms with Crippen molar-refractivity contribution in [3.63, 3.8) is 0 Å². The first-order chi connectivity index (χ1) is 9.54. The Morgan fingerprint density at radius 1 is 1.15 bits per heavy atom. The number of azo groups is 1. The summed E-state index contributed by atoms with van der Waals surface area (Å²) in [6.45, 7) is 1.42. The van der Waals surface area contributed by atoms with Crippen molar-refractivity contribution in [2.45, 2.75) is 6.92 Å². The van der Waals surface area contributed by atoms with E-state index in [1.54, 1.807) is 42.5 Å². The minimum absolute atomic E-state index is 0.196. The van der Waals surface area contributed by atoms with Crippen molar-refractivity contribution in [3.05, 3.63) is 47.5 Å². The number of anilines is 2. The van der Waals surface area contributed by atoms with Crippen LogP contribution >= 0.6 is 11.6 Å². The lowest BCUT2D eigenvalue weighted by Gasteiger charge is -2.06. The molecule has 0 heterocycles. The third-order valence-corrected chi connectivity index (χ3v) is 2.68. The number of halogens is 1. The summed E-state index contributed by atoms with van der Waals surface area (Å²) >= 11 is 5.80. The predicted octanol–water partition coefficient (Wildman–Crippen LogP) is 4.30. The fourth-order valence-corrected chi connectivity index (χ4v) is 1.68. The maximum absolute atomic E-state index is 11.1. The van der Waals surface area contributed by atoms with Gasteiger partial charge in [-0.3, -0.25) is 4.79 Å². The molecule has 0 atom stereocenters. The van der Waals surface area contributed by atoms with E-state index < -0.39 is 0 Å². The zero-order valence-electron chi connectivity index (χ0n) is 10.8. The van der Waals surface area contributed by atoms with Crippen LogP contribution in [0.1, 0.15) is 6.92 Å². The zero-order valence-corrected chi connectivity index (χ0v) is 11.6. The van der Waals surface area contributed by atoms with Gasteiger partial charge in [0, 0.05) is 17.6 Å². The molecule has 0 radical (unpaired) electrons. The third-order valence-electron chi connectivity index (χ3n) is 2.43. The smallest absolute Gasteiger partial charge is 0.221 e. The number of amides is 1. The SMILES string of the molecule is CC(=O)Nc1cc(N)ccc1/N=N/c1ccc(Cl)cc1. The second kappa shape index (κ2) is 6.16. The van der Waals surface area contributed by atoms with E-state index >= 15 is 0 Å². The van der Waals surface area contributed by atoms with E-state index in [9.17, 15) is 4.79 Å². The Morgan fingerprint density at radius 2 is 1.85 bits per heavy atom. The molecule has 2 aromatic rings. The molecule has 0 spiro atoms. The van der Waals surface area contributed by atoms with Gasteiger partial charge in [-0.05, 0) is 42.5 Å². The average molecular weight is 289 g/mol. The van der Waals surface area contributed by atoms with E-state index in [1.165, 1.54) is 6.92 Å². The number of nitrogens with zero attached hydrogens (tertiary/aromatic N) is 2. The summed E-state index contributed by atoms with van der Waals surface area (Å²) in [7, 11) is 0. The normalized spacial score (nSPS) is 10.7. The predicted molar refractivity (Wildman–Crippen MR) is 80.8 cm³/mol. The van der Waals surface area contributed by atoms with Crippen LogP contribution in [0.15, 0.2) is 52.7 Å². The quantitative estimate of drug-likeness (QED) is 0.652. The fourth-order valence-electron chi connectivity index (χ4n) is 1.55. The first-order valence-corrected chi connectivity index (χ1v) is 6.27. The molecule has 0 fully saturated rings. The average Bonchev–Trinajstić information content (AvgIpc) is 2.39. The number of hydrogen-bond donors (Lipinski definition) is 2. The maximum atomic E-state index is 11.1. The van der Waals surface area contributed by atoms with Crippen molar-refractivity contribution < 1.29 is 4.79 Å². The summed E-state index contributed by atoms with van der Waals surface area (Å²) in [5.74, 6) is -0.196. The van der Waals surface area contributed by atoms with Gasteiger partial charge in [-0.15, -0.1) is 5.11 Å². The van der Waals surface area contributed by atoms with Crippen LogP contribution in [0.4, 0.5) is 22.7 Å². The van der Waals surface area contributed by atoms with Crippen LogP contribution in [0.25, 0.3) is 0 Å². The van der Waals surface area contributed by atoms with Crippen molar-refractivity contribution >= 4 is 40.3 Å². The highest BCUT2D eigenvalue weighted by Gasteiger charge is 2.04. The first kappa shape index (κ1) is 14.0. The van der Waals surface area contributed by atoms with Crippen LogP contribution in [0, 0.1) is 0 Å². The van der Waals surface area contributed by atoms with Crippen LogP contribution in [-0.4, -0.2) is 5.91 Å². The van der Waals surface area contributed by atoms with Crippen molar-refractivity contribution in [1.82, 2.24) is 0 Å². The van der Waals surface area contributed by atoms with Gasteiger partial charge in [0.05, 0.1) is 11.4 Å². The number of nitrogen functional groups attached to an aromatic ring is 1. The van der Waals surface area contributed by atoms with E-state index in [-0.39, 0.29) is 5.91 Å². The first-order valence-electron chi connectivity index (χ1n) is 5.89. The molecule has 5 nitrogen and oxygen atoms in total. The standard InChI is InChI=1S/C14H13ClN4O/c1-9(20)17-14-8-11(16)4-7-13(14)19-18-12-5-2-10(15)3-6-12/h2-8H,16H2,1H3,(H,17,20)/b19-18+. The van der Waals surface area contributed by atoms with E-state index in [0.717, 1.165) is 0 Å². The molecule has 0 saturated carbocycles. The summed E-state index contributed by atoms with van der Waals surface area (Å²) in [4.78, 5) is 11.1. The number of nitrogens with two attached hydrogens (primary N) is 1. The molecule has 0 unspecified atom stereocenters. The highest BCUT2D eigenvalue weighted by molar-refractivity contribution is 6.30. The molecule has 20 heavy (non-hydrogen) atoms. The number of nitrogens with one attached hydrogen (secondary N) is 1. The molecule has 0 saturated heterocycles. The number of carbonyl (C=O) groups excluding carboxylic acids is 1. The summed E-state index contributed by atoms with van der Waals surface area (Å²) in [5, 5.41) is 11.5. The van der Waals surface area contributed by atoms with Gasteiger partial charge in [0.25, 0.3) is 0 Å². The van der Waals surface area contributed by atoms with Gasteiger partial charge < -0.3 is 11.1 Å². The molecule has 102 valence electrons.